The fraction of sp³-hybridized carbons (Fsp3) is 0.455. The Morgan fingerprint density at radius 3 is 3.12 bits per heavy atom. The van der Waals surface area contributed by atoms with Gasteiger partial charge in [0, 0.05) is 23.6 Å². The van der Waals surface area contributed by atoms with Crippen molar-refractivity contribution in [3.8, 4) is 0 Å². The summed E-state index contributed by atoms with van der Waals surface area (Å²) in [5.74, 6) is 0.994. The Labute approximate surface area is 98.3 Å². The fourth-order valence-electron chi connectivity index (χ4n) is 1.84. The zero-order chi connectivity index (χ0) is 11.5. The van der Waals surface area contributed by atoms with E-state index in [0.29, 0.717) is 6.54 Å². The zero-order valence-electron chi connectivity index (χ0n) is 8.85. The van der Waals surface area contributed by atoms with Gasteiger partial charge in [0.25, 0.3) is 0 Å². The maximum absolute atomic E-state index is 10.7. The van der Waals surface area contributed by atoms with Gasteiger partial charge in [-0.05, 0) is 17.7 Å². The Balaban J connectivity index is 2.21. The van der Waals surface area contributed by atoms with E-state index in [9.17, 15) is 4.79 Å². The smallest absolute Gasteiger partial charge is 0.304 e. The van der Waals surface area contributed by atoms with E-state index < -0.39 is 5.97 Å². The van der Waals surface area contributed by atoms with Gasteiger partial charge >= 0.3 is 5.97 Å². The molecule has 1 aromatic rings. The van der Waals surface area contributed by atoms with E-state index in [2.05, 4.69) is 11.1 Å². The summed E-state index contributed by atoms with van der Waals surface area (Å²) in [6.45, 7) is 0.347. The first-order valence-electron chi connectivity index (χ1n) is 5.18. The second-order valence-corrected chi connectivity index (χ2v) is 4.88. The second kappa shape index (κ2) is 4.84. The second-order valence-electron chi connectivity index (χ2n) is 3.90. The molecule has 1 aromatic heterocycles. The number of carboxylic acid groups (broad SMARTS) is 1. The third kappa shape index (κ3) is 2.36. The number of carbonyl (C=O) groups is 1. The molecule has 1 aliphatic rings. The van der Waals surface area contributed by atoms with E-state index in [1.54, 1.807) is 6.20 Å². The van der Waals surface area contributed by atoms with Crippen LogP contribution in [0, 0.1) is 0 Å². The van der Waals surface area contributed by atoms with E-state index in [1.807, 2.05) is 11.8 Å². The summed E-state index contributed by atoms with van der Waals surface area (Å²) in [5.41, 5.74) is 8.91. The molecule has 3 N–H and O–H groups in total. The van der Waals surface area contributed by atoms with Crippen molar-refractivity contribution < 1.29 is 9.90 Å². The molecule has 0 amide bonds. The Kier molecular flexibility index (Phi) is 3.46. The van der Waals surface area contributed by atoms with E-state index in [4.69, 9.17) is 10.8 Å². The number of carboxylic acids is 1. The van der Waals surface area contributed by atoms with Crippen LogP contribution in [0.15, 0.2) is 12.3 Å². The minimum Gasteiger partial charge on any atom is -0.481 e. The molecular formula is C11H14N2O2S. The van der Waals surface area contributed by atoms with Crippen molar-refractivity contribution in [1.82, 2.24) is 4.98 Å². The molecule has 86 valence electrons. The minimum absolute atomic E-state index is 0.0735. The van der Waals surface area contributed by atoms with E-state index in [0.717, 1.165) is 22.8 Å². The van der Waals surface area contributed by atoms with Gasteiger partial charge in [-0.3, -0.25) is 9.78 Å². The number of thioether (sulfide) groups is 1. The first-order valence-corrected chi connectivity index (χ1v) is 6.33. The lowest BCUT2D eigenvalue weighted by molar-refractivity contribution is -0.137. The number of aliphatic carboxylic acids is 1. The molecule has 0 bridgehead atoms. The molecule has 0 aliphatic carbocycles. The molecular weight excluding hydrogens is 224 g/mol. The monoisotopic (exact) mass is 238 g/mol. The van der Waals surface area contributed by atoms with Crippen LogP contribution in [0.4, 0.5) is 0 Å². The van der Waals surface area contributed by atoms with Gasteiger partial charge in [0.1, 0.15) is 0 Å². The third-order valence-electron chi connectivity index (χ3n) is 2.75. The maximum Gasteiger partial charge on any atom is 0.304 e. The van der Waals surface area contributed by atoms with Crippen LogP contribution in [0.3, 0.4) is 0 Å². The molecule has 2 heterocycles. The number of pyridine rings is 1. The molecule has 5 heteroatoms. The van der Waals surface area contributed by atoms with Crippen LogP contribution in [0.5, 0.6) is 0 Å². The Bertz CT molecular complexity index is 409. The normalized spacial score (nSPS) is 15.8. The van der Waals surface area contributed by atoms with Crippen molar-refractivity contribution in [1.29, 1.82) is 0 Å². The molecule has 0 saturated carbocycles. The van der Waals surface area contributed by atoms with Crippen LogP contribution < -0.4 is 5.73 Å². The van der Waals surface area contributed by atoms with Gasteiger partial charge in [-0.25, -0.2) is 0 Å². The number of hydrogen-bond acceptors (Lipinski definition) is 4. The SMILES string of the molecule is NCC(CC(=O)O)c1cnc2c(c1)CSC2. The minimum atomic E-state index is -0.815. The van der Waals surface area contributed by atoms with Gasteiger partial charge < -0.3 is 10.8 Å². The van der Waals surface area contributed by atoms with Gasteiger partial charge in [0.2, 0.25) is 0 Å². The van der Waals surface area contributed by atoms with Crippen molar-refractivity contribution in [2.75, 3.05) is 6.54 Å². The molecule has 0 spiro atoms. The largest absolute Gasteiger partial charge is 0.481 e. The Morgan fingerprint density at radius 2 is 2.44 bits per heavy atom. The van der Waals surface area contributed by atoms with Crippen LogP contribution in [-0.2, 0) is 16.3 Å². The van der Waals surface area contributed by atoms with E-state index in [1.165, 1.54) is 5.56 Å². The summed E-state index contributed by atoms with van der Waals surface area (Å²) in [6.07, 6.45) is 1.84. The maximum atomic E-state index is 10.7. The van der Waals surface area contributed by atoms with Gasteiger partial charge in [0.05, 0.1) is 12.1 Å². The molecule has 0 saturated heterocycles. The van der Waals surface area contributed by atoms with Crippen LogP contribution in [0.25, 0.3) is 0 Å². The summed E-state index contributed by atoms with van der Waals surface area (Å²) in [5, 5.41) is 8.79. The van der Waals surface area contributed by atoms with Crippen molar-refractivity contribution in [3.05, 3.63) is 29.1 Å². The highest BCUT2D eigenvalue weighted by Gasteiger charge is 2.18. The van der Waals surface area contributed by atoms with E-state index >= 15 is 0 Å². The number of fused-ring (bicyclic) bond motifs is 1. The summed E-state index contributed by atoms with van der Waals surface area (Å²) in [4.78, 5) is 15.1. The predicted molar refractivity (Wildman–Crippen MR) is 63.3 cm³/mol. The summed E-state index contributed by atoms with van der Waals surface area (Å²) in [7, 11) is 0. The molecule has 0 aromatic carbocycles. The van der Waals surface area contributed by atoms with E-state index in [-0.39, 0.29) is 12.3 Å². The fourth-order valence-corrected chi connectivity index (χ4v) is 2.87. The lowest BCUT2D eigenvalue weighted by Crippen LogP contribution is -2.16. The lowest BCUT2D eigenvalue weighted by Gasteiger charge is -2.13. The van der Waals surface area contributed by atoms with Gasteiger partial charge in [-0.1, -0.05) is 6.07 Å². The van der Waals surface area contributed by atoms with Crippen LogP contribution in [0.1, 0.15) is 29.2 Å². The van der Waals surface area contributed by atoms with Crippen molar-refractivity contribution in [2.45, 2.75) is 23.8 Å². The molecule has 0 fully saturated rings. The number of nitrogens with two attached hydrogens (primary N) is 1. The lowest BCUT2D eigenvalue weighted by atomic mass is 9.96. The highest BCUT2D eigenvalue weighted by Crippen LogP contribution is 2.30. The number of aromatic nitrogens is 1. The van der Waals surface area contributed by atoms with Crippen molar-refractivity contribution >= 4 is 17.7 Å². The Morgan fingerprint density at radius 1 is 1.62 bits per heavy atom. The van der Waals surface area contributed by atoms with Gasteiger partial charge in [-0.15, -0.1) is 0 Å². The molecule has 1 unspecified atom stereocenters. The highest BCUT2D eigenvalue weighted by atomic mass is 32.2. The van der Waals surface area contributed by atoms with Crippen LogP contribution in [0.2, 0.25) is 0 Å². The van der Waals surface area contributed by atoms with Crippen molar-refractivity contribution in [2.24, 2.45) is 5.73 Å². The van der Waals surface area contributed by atoms with Gasteiger partial charge in [0.15, 0.2) is 0 Å². The average Bonchev–Trinajstić information content (AvgIpc) is 2.72. The average molecular weight is 238 g/mol. The number of hydrogen-bond donors (Lipinski definition) is 2. The first kappa shape index (κ1) is 11.4. The molecule has 2 rings (SSSR count). The summed E-state index contributed by atoms with van der Waals surface area (Å²) < 4.78 is 0. The standard InChI is InChI=1S/C11H14N2O2S/c12-3-7(2-11(14)15)8-1-9-5-16-6-10(9)13-4-8/h1,4,7H,2-3,5-6,12H2,(H,14,15). The van der Waals surface area contributed by atoms with Crippen LogP contribution >= 0.6 is 11.8 Å². The van der Waals surface area contributed by atoms with Crippen LogP contribution in [-0.4, -0.2) is 22.6 Å². The van der Waals surface area contributed by atoms with Crippen molar-refractivity contribution in [3.63, 3.8) is 0 Å². The topological polar surface area (TPSA) is 76.2 Å². The molecule has 16 heavy (non-hydrogen) atoms. The summed E-state index contributed by atoms with van der Waals surface area (Å²) >= 11 is 1.83. The zero-order valence-corrected chi connectivity index (χ0v) is 9.67. The molecule has 1 atom stereocenters. The number of rotatable bonds is 4. The number of nitrogens with zero attached hydrogens (tertiary/aromatic N) is 1. The first-order chi connectivity index (χ1) is 7.70. The molecule has 4 nitrogen and oxygen atoms in total. The quantitative estimate of drug-likeness (QED) is 0.828. The molecule has 0 radical (unpaired) electrons. The highest BCUT2D eigenvalue weighted by molar-refractivity contribution is 7.98. The summed E-state index contributed by atoms with van der Waals surface area (Å²) in [6, 6.07) is 2.06. The third-order valence-corrected chi connectivity index (χ3v) is 3.75. The molecule has 1 aliphatic heterocycles. The predicted octanol–water partition coefficient (Wildman–Crippen LogP) is 1.35. The van der Waals surface area contributed by atoms with Gasteiger partial charge in [-0.2, -0.15) is 11.8 Å². The Hall–Kier alpha value is -1.07.